The number of thioether (sulfide) groups is 1. The standard InChI is InChI=1S/C12H13N3O4S.BrH/c1-19-11(16)9(7-20-12(13)14)6-8-2-4-10(5-3-8)15(17)18;/h2-6H,7H2,1H3,(H3,13,14);1H/b9-6+;. The SMILES string of the molecule is Br.COC(=O)/C(=C/c1ccc([N+](=O)[O-])cc1)CSC(=N)N. The lowest BCUT2D eigenvalue weighted by atomic mass is 10.1. The topological polar surface area (TPSA) is 119 Å². The van der Waals surface area contributed by atoms with Crippen LogP contribution in [0.15, 0.2) is 29.8 Å². The smallest absolute Gasteiger partial charge is 0.334 e. The summed E-state index contributed by atoms with van der Waals surface area (Å²) in [6.45, 7) is 0. The van der Waals surface area contributed by atoms with Crippen LogP contribution in [0.3, 0.4) is 0 Å². The van der Waals surface area contributed by atoms with E-state index in [1.165, 1.54) is 31.4 Å². The summed E-state index contributed by atoms with van der Waals surface area (Å²) < 4.78 is 4.64. The van der Waals surface area contributed by atoms with Crippen molar-refractivity contribution in [1.29, 1.82) is 5.41 Å². The van der Waals surface area contributed by atoms with Crippen molar-refractivity contribution in [2.45, 2.75) is 0 Å². The van der Waals surface area contributed by atoms with E-state index in [4.69, 9.17) is 11.1 Å². The summed E-state index contributed by atoms with van der Waals surface area (Å²) >= 11 is 0.994. The molecule has 0 bridgehead atoms. The van der Waals surface area contributed by atoms with Crippen LogP contribution in [0.25, 0.3) is 6.08 Å². The average molecular weight is 376 g/mol. The van der Waals surface area contributed by atoms with Crippen LogP contribution < -0.4 is 5.73 Å². The lowest BCUT2D eigenvalue weighted by molar-refractivity contribution is -0.384. The number of nitro benzene ring substituents is 1. The Morgan fingerprint density at radius 2 is 2.05 bits per heavy atom. The van der Waals surface area contributed by atoms with E-state index in [1.54, 1.807) is 6.08 Å². The zero-order valence-electron chi connectivity index (χ0n) is 11.1. The molecule has 0 aliphatic rings. The van der Waals surface area contributed by atoms with Crippen LogP contribution in [0.2, 0.25) is 0 Å². The number of nitro groups is 1. The van der Waals surface area contributed by atoms with Crippen LogP contribution in [0.5, 0.6) is 0 Å². The molecule has 1 aromatic rings. The number of halogens is 1. The fourth-order valence-corrected chi connectivity index (χ4v) is 1.85. The molecule has 0 spiro atoms. The Morgan fingerprint density at radius 1 is 1.48 bits per heavy atom. The number of carbonyl (C=O) groups excluding carboxylic acids is 1. The summed E-state index contributed by atoms with van der Waals surface area (Å²) in [7, 11) is 1.25. The van der Waals surface area contributed by atoms with E-state index in [2.05, 4.69) is 4.74 Å². The van der Waals surface area contributed by atoms with Crippen molar-refractivity contribution in [3.63, 3.8) is 0 Å². The fraction of sp³-hybridized carbons (Fsp3) is 0.167. The van der Waals surface area contributed by atoms with Gasteiger partial charge in [-0.25, -0.2) is 4.79 Å². The Balaban J connectivity index is 0.00000400. The molecule has 3 N–H and O–H groups in total. The molecule has 0 fully saturated rings. The number of nitrogens with two attached hydrogens (primary N) is 1. The number of rotatable bonds is 5. The first kappa shape index (κ1) is 19.1. The Labute approximate surface area is 136 Å². The minimum absolute atomic E-state index is 0. The van der Waals surface area contributed by atoms with Crippen LogP contribution in [0.1, 0.15) is 5.56 Å². The van der Waals surface area contributed by atoms with Crippen LogP contribution in [0.4, 0.5) is 5.69 Å². The van der Waals surface area contributed by atoms with E-state index < -0.39 is 10.9 Å². The van der Waals surface area contributed by atoms with Crippen molar-refractivity contribution >= 4 is 51.6 Å². The third kappa shape index (κ3) is 6.41. The Kier molecular flexibility index (Phi) is 8.32. The minimum atomic E-state index is -0.530. The number of ether oxygens (including phenoxy) is 1. The predicted molar refractivity (Wildman–Crippen MR) is 87.8 cm³/mol. The Bertz CT molecular complexity index is 560. The van der Waals surface area contributed by atoms with Crippen LogP contribution in [0, 0.1) is 15.5 Å². The first-order valence-electron chi connectivity index (χ1n) is 5.44. The normalized spacial score (nSPS) is 10.4. The highest BCUT2D eigenvalue weighted by molar-refractivity contribution is 8.93. The van der Waals surface area contributed by atoms with E-state index in [9.17, 15) is 14.9 Å². The molecule has 0 saturated heterocycles. The molecule has 9 heteroatoms. The number of methoxy groups -OCH3 is 1. The number of hydrogen-bond donors (Lipinski definition) is 2. The van der Waals surface area contributed by atoms with Gasteiger partial charge in [-0.15, -0.1) is 17.0 Å². The second-order valence-electron chi connectivity index (χ2n) is 3.66. The third-order valence-corrected chi connectivity index (χ3v) is 3.04. The summed E-state index contributed by atoms with van der Waals surface area (Å²) in [5, 5.41) is 17.6. The Hall–Kier alpha value is -1.87. The van der Waals surface area contributed by atoms with E-state index in [0.29, 0.717) is 11.1 Å². The first-order chi connectivity index (χ1) is 9.43. The van der Waals surface area contributed by atoms with Gasteiger partial charge in [0.05, 0.1) is 12.0 Å². The summed E-state index contributed by atoms with van der Waals surface area (Å²) in [6.07, 6.45) is 1.55. The highest BCUT2D eigenvalue weighted by Crippen LogP contribution is 2.17. The molecule has 1 rings (SSSR count). The maximum atomic E-state index is 11.6. The molecule has 21 heavy (non-hydrogen) atoms. The van der Waals surface area contributed by atoms with Crippen LogP contribution >= 0.6 is 28.7 Å². The molecule has 114 valence electrons. The van der Waals surface area contributed by atoms with Crippen molar-refractivity contribution in [2.75, 3.05) is 12.9 Å². The molecule has 0 aliphatic carbocycles. The summed E-state index contributed by atoms with van der Waals surface area (Å²) in [5.41, 5.74) is 6.14. The fourth-order valence-electron chi connectivity index (χ4n) is 1.34. The third-order valence-electron chi connectivity index (χ3n) is 2.28. The highest BCUT2D eigenvalue weighted by Gasteiger charge is 2.11. The highest BCUT2D eigenvalue weighted by atomic mass is 79.9. The number of amidine groups is 1. The number of esters is 1. The van der Waals surface area contributed by atoms with Gasteiger partial charge in [0.2, 0.25) is 0 Å². The molecule has 0 aliphatic heterocycles. The van der Waals surface area contributed by atoms with Gasteiger partial charge in [0, 0.05) is 23.5 Å². The zero-order chi connectivity index (χ0) is 15.1. The number of non-ortho nitro benzene ring substituents is 1. The molecular weight excluding hydrogens is 362 g/mol. The quantitative estimate of drug-likeness (QED) is 0.203. The van der Waals surface area contributed by atoms with Gasteiger partial charge >= 0.3 is 5.97 Å². The number of hydrogen-bond acceptors (Lipinski definition) is 6. The van der Waals surface area contributed by atoms with Crippen molar-refractivity contribution < 1.29 is 14.5 Å². The second-order valence-corrected chi connectivity index (χ2v) is 4.68. The van der Waals surface area contributed by atoms with E-state index in [0.717, 1.165) is 11.8 Å². The van der Waals surface area contributed by atoms with E-state index >= 15 is 0 Å². The summed E-state index contributed by atoms with van der Waals surface area (Å²) in [6, 6.07) is 5.75. The molecule has 7 nitrogen and oxygen atoms in total. The van der Waals surface area contributed by atoms with Gasteiger partial charge in [-0.1, -0.05) is 11.8 Å². The number of benzene rings is 1. The van der Waals surface area contributed by atoms with Gasteiger partial charge in [-0.05, 0) is 23.8 Å². The molecule has 0 unspecified atom stereocenters. The van der Waals surface area contributed by atoms with Gasteiger partial charge in [0.25, 0.3) is 5.69 Å². The van der Waals surface area contributed by atoms with Crippen molar-refractivity contribution in [1.82, 2.24) is 0 Å². The van der Waals surface area contributed by atoms with Gasteiger partial charge in [0.15, 0.2) is 5.17 Å². The van der Waals surface area contributed by atoms with Crippen LogP contribution in [-0.2, 0) is 9.53 Å². The second kappa shape index (κ2) is 9.14. The Morgan fingerprint density at radius 3 is 2.48 bits per heavy atom. The molecule has 0 saturated carbocycles. The first-order valence-corrected chi connectivity index (χ1v) is 6.42. The van der Waals surface area contributed by atoms with E-state index in [-0.39, 0.29) is 33.6 Å². The molecule has 0 atom stereocenters. The average Bonchev–Trinajstić information content (AvgIpc) is 2.42. The molecule has 1 aromatic carbocycles. The molecule has 0 aromatic heterocycles. The minimum Gasteiger partial charge on any atom is -0.466 e. The van der Waals surface area contributed by atoms with Crippen molar-refractivity contribution in [3.05, 3.63) is 45.5 Å². The van der Waals surface area contributed by atoms with Gasteiger partial charge in [-0.2, -0.15) is 0 Å². The van der Waals surface area contributed by atoms with Gasteiger partial charge < -0.3 is 10.5 Å². The predicted octanol–water partition coefficient (Wildman–Crippen LogP) is 2.36. The van der Waals surface area contributed by atoms with Gasteiger partial charge in [-0.3, -0.25) is 15.5 Å². The molecule has 0 amide bonds. The zero-order valence-corrected chi connectivity index (χ0v) is 13.6. The maximum absolute atomic E-state index is 11.6. The largest absolute Gasteiger partial charge is 0.466 e. The van der Waals surface area contributed by atoms with Crippen molar-refractivity contribution in [2.24, 2.45) is 5.73 Å². The lowest BCUT2D eigenvalue weighted by Crippen LogP contribution is -2.11. The summed E-state index contributed by atoms with van der Waals surface area (Å²) in [4.78, 5) is 21.6. The number of nitrogens with zero attached hydrogens (tertiary/aromatic N) is 1. The maximum Gasteiger partial charge on any atom is 0.334 e. The lowest BCUT2D eigenvalue weighted by Gasteiger charge is -2.04. The monoisotopic (exact) mass is 375 g/mol. The van der Waals surface area contributed by atoms with Crippen molar-refractivity contribution in [3.8, 4) is 0 Å². The molecular formula is C12H14BrN3O4S. The summed E-state index contributed by atoms with van der Waals surface area (Å²) in [5.74, 6) is -0.337. The number of nitrogens with one attached hydrogen (secondary N) is 1. The molecule has 0 heterocycles. The van der Waals surface area contributed by atoms with Gasteiger partial charge in [0.1, 0.15) is 0 Å². The number of carbonyl (C=O) groups is 1. The molecule has 0 radical (unpaired) electrons. The van der Waals surface area contributed by atoms with E-state index in [1.807, 2.05) is 0 Å². The van der Waals surface area contributed by atoms with Crippen LogP contribution in [-0.4, -0.2) is 28.9 Å².